The van der Waals surface area contributed by atoms with Crippen LogP contribution >= 0.6 is 0 Å². The van der Waals surface area contributed by atoms with E-state index in [-0.39, 0.29) is 34.7 Å². The number of alkyl halides is 3. The fraction of sp³-hybridized carbons (Fsp3) is 0.240. The molecule has 2 heterocycles. The number of nitrogens with zero attached hydrogens (tertiary/aromatic N) is 1. The molecule has 1 aliphatic rings. The molecule has 2 atom stereocenters. The molecule has 2 amide bonds. The number of fused-ring (bicyclic) bond motifs is 1. The van der Waals surface area contributed by atoms with E-state index >= 15 is 0 Å². The molecule has 188 valence electrons. The van der Waals surface area contributed by atoms with Crippen LogP contribution in [0.1, 0.15) is 28.5 Å². The molecule has 0 spiro atoms. The molecule has 0 bridgehead atoms. The number of aliphatic hydroxyl groups is 1. The van der Waals surface area contributed by atoms with Gasteiger partial charge in [0.2, 0.25) is 11.5 Å². The lowest BCUT2D eigenvalue weighted by atomic mass is 9.81. The number of benzene rings is 2. The highest BCUT2D eigenvalue weighted by atomic mass is 19.4. The zero-order valence-electron chi connectivity index (χ0n) is 18.9. The Morgan fingerprint density at radius 2 is 1.78 bits per heavy atom. The van der Waals surface area contributed by atoms with E-state index < -0.39 is 47.1 Å². The number of aromatic nitrogens is 1. The maximum absolute atomic E-state index is 14.3. The average Bonchev–Trinajstić information content (AvgIpc) is 3.20. The van der Waals surface area contributed by atoms with Gasteiger partial charge in [0.25, 0.3) is 5.91 Å². The van der Waals surface area contributed by atoms with E-state index in [1.807, 2.05) is 0 Å². The van der Waals surface area contributed by atoms with Gasteiger partial charge in [-0.15, -0.1) is 0 Å². The van der Waals surface area contributed by atoms with Gasteiger partial charge in [-0.2, -0.15) is 13.2 Å². The second-order valence-electron chi connectivity index (χ2n) is 8.63. The molecule has 4 N–H and O–H groups in total. The van der Waals surface area contributed by atoms with Crippen LogP contribution in [0.5, 0.6) is 5.75 Å². The Labute approximate surface area is 202 Å². The molecule has 0 unspecified atom stereocenters. The van der Waals surface area contributed by atoms with Gasteiger partial charge in [0.1, 0.15) is 29.3 Å². The molecule has 0 saturated heterocycles. The summed E-state index contributed by atoms with van der Waals surface area (Å²) < 4.78 is 62.1. The number of hydrogen-bond acceptors (Lipinski definition) is 5. The highest BCUT2D eigenvalue weighted by molar-refractivity contribution is 5.94. The zero-order chi connectivity index (χ0) is 26.3. The van der Waals surface area contributed by atoms with E-state index in [0.717, 1.165) is 18.2 Å². The Morgan fingerprint density at radius 3 is 2.36 bits per heavy atom. The van der Waals surface area contributed by atoms with Crippen molar-refractivity contribution in [2.24, 2.45) is 5.73 Å². The molecule has 0 fully saturated rings. The van der Waals surface area contributed by atoms with Crippen LogP contribution in [0.15, 0.2) is 60.7 Å². The number of nitrogens with two attached hydrogens (primary N) is 1. The Morgan fingerprint density at radius 1 is 1.14 bits per heavy atom. The van der Waals surface area contributed by atoms with Crippen LogP contribution in [0, 0.1) is 5.82 Å². The summed E-state index contributed by atoms with van der Waals surface area (Å²) in [7, 11) is 0. The van der Waals surface area contributed by atoms with Gasteiger partial charge in [0.15, 0.2) is 0 Å². The van der Waals surface area contributed by atoms with E-state index in [9.17, 15) is 32.3 Å². The van der Waals surface area contributed by atoms with Gasteiger partial charge >= 0.3 is 6.18 Å². The Balaban J connectivity index is 1.86. The topological polar surface area (TPSA) is 115 Å². The van der Waals surface area contributed by atoms with Crippen molar-refractivity contribution in [3.05, 3.63) is 83.3 Å². The minimum absolute atomic E-state index is 0.00972. The number of primary amides is 1. The first-order valence-corrected chi connectivity index (χ1v) is 10.7. The van der Waals surface area contributed by atoms with Crippen molar-refractivity contribution in [2.45, 2.75) is 24.1 Å². The molecule has 1 aromatic heterocycles. The Kier molecular flexibility index (Phi) is 6.21. The van der Waals surface area contributed by atoms with Gasteiger partial charge in [0, 0.05) is 16.7 Å². The summed E-state index contributed by atoms with van der Waals surface area (Å²) in [6, 6.07) is 13.1. The van der Waals surface area contributed by atoms with Gasteiger partial charge in [-0.05, 0) is 49.4 Å². The second kappa shape index (κ2) is 8.90. The predicted octanol–water partition coefficient (Wildman–Crippen LogP) is 3.20. The summed E-state index contributed by atoms with van der Waals surface area (Å²) >= 11 is 0. The van der Waals surface area contributed by atoms with Crippen molar-refractivity contribution >= 4 is 11.8 Å². The summed E-state index contributed by atoms with van der Waals surface area (Å²) in [4.78, 5) is 28.7. The van der Waals surface area contributed by atoms with Gasteiger partial charge in [0.05, 0.1) is 12.2 Å². The molecule has 7 nitrogen and oxygen atoms in total. The lowest BCUT2D eigenvalue weighted by molar-refractivity contribution is -0.265. The van der Waals surface area contributed by atoms with Crippen molar-refractivity contribution in [1.29, 1.82) is 0 Å². The molecule has 1 aliphatic heterocycles. The SMILES string of the molecule is C[C@]1(C(N)=O)COc2c1cc([C@@](O)(CNC(=O)c1ccccc1)C(F)(F)F)nc2-c1ccc(F)cc1. The molecule has 3 aromatic rings. The minimum atomic E-state index is -5.29. The summed E-state index contributed by atoms with van der Waals surface area (Å²) in [6.07, 6.45) is -5.29. The van der Waals surface area contributed by atoms with Crippen LogP contribution in [0.3, 0.4) is 0 Å². The highest BCUT2D eigenvalue weighted by Crippen LogP contribution is 2.47. The summed E-state index contributed by atoms with van der Waals surface area (Å²) in [5, 5.41) is 13.1. The average molecular weight is 503 g/mol. The number of carbonyl (C=O) groups is 2. The third-order valence-electron chi connectivity index (χ3n) is 6.17. The van der Waals surface area contributed by atoms with Gasteiger partial charge < -0.3 is 20.9 Å². The van der Waals surface area contributed by atoms with Crippen LogP contribution in [-0.2, 0) is 15.8 Å². The molecule has 0 radical (unpaired) electrons. The molecule has 11 heteroatoms. The monoisotopic (exact) mass is 503 g/mol. The molecular formula is C25H21F4N3O4. The van der Waals surface area contributed by atoms with Crippen LogP contribution < -0.4 is 15.8 Å². The smallest absolute Gasteiger partial charge is 0.424 e. The fourth-order valence-electron chi connectivity index (χ4n) is 3.84. The largest absolute Gasteiger partial charge is 0.489 e. The van der Waals surface area contributed by atoms with Crippen molar-refractivity contribution in [2.75, 3.05) is 13.2 Å². The molecule has 0 saturated carbocycles. The third-order valence-corrected chi connectivity index (χ3v) is 6.17. The summed E-state index contributed by atoms with van der Waals surface area (Å²) in [6.45, 7) is -0.150. The van der Waals surface area contributed by atoms with Crippen molar-refractivity contribution in [3.8, 4) is 17.0 Å². The molecule has 4 rings (SSSR count). The van der Waals surface area contributed by atoms with Gasteiger partial charge in [-0.25, -0.2) is 9.37 Å². The quantitative estimate of drug-likeness (QED) is 0.447. The summed E-state index contributed by atoms with van der Waals surface area (Å²) in [5.74, 6) is -2.31. The number of amides is 2. The van der Waals surface area contributed by atoms with E-state index in [1.54, 1.807) is 6.07 Å². The van der Waals surface area contributed by atoms with E-state index in [4.69, 9.17) is 10.5 Å². The lowest BCUT2D eigenvalue weighted by Gasteiger charge is -2.31. The predicted molar refractivity (Wildman–Crippen MR) is 120 cm³/mol. The maximum Gasteiger partial charge on any atom is 0.424 e. The van der Waals surface area contributed by atoms with Crippen LogP contribution in [0.4, 0.5) is 17.6 Å². The first-order valence-electron chi connectivity index (χ1n) is 10.7. The number of carbonyl (C=O) groups excluding carboxylic acids is 2. The van der Waals surface area contributed by atoms with E-state index in [0.29, 0.717) is 0 Å². The number of pyridine rings is 1. The van der Waals surface area contributed by atoms with Crippen molar-refractivity contribution < 1.29 is 37.0 Å². The normalized spacial score (nSPS) is 18.6. The highest BCUT2D eigenvalue weighted by Gasteiger charge is 2.57. The maximum atomic E-state index is 14.3. The fourth-order valence-corrected chi connectivity index (χ4v) is 3.84. The lowest BCUT2D eigenvalue weighted by Crippen LogP contribution is -2.51. The van der Waals surface area contributed by atoms with Gasteiger partial charge in [-0.3, -0.25) is 9.59 Å². The number of halogens is 4. The van der Waals surface area contributed by atoms with Crippen molar-refractivity contribution in [3.63, 3.8) is 0 Å². The van der Waals surface area contributed by atoms with E-state index in [1.165, 1.54) is 43.3 Å². The Bertz CT molecular complexity index is 1320. The first-order chi connectivity index (χ1) is 16.9. The van der Waals surface area contributed by atoms with Gasteiger partial charge in [-0.1, -0.05) is 18.2 Å². The van der Waals surface area contributed by atoms with Crippen LogP contribution in [-0.4, -0.2) is 41.2 Å². The van der Waals surface area contributed by atoms with Crippen LogP contribution in [0.25, 0.3) is 11.3 Å². The minimum Gasteiger partial charge on any atom is -0.489 e. The number of nitrogens with one attached hydrogen (secondary N) is 1. The number of hydrogen-bond donors (Lipinski definition) is 3. The number of rotatable bonds is 6. The van der Waals surface area contributed by atoms with Crippen LogP contribution in [0.2, 0.25) is 0 Å². The Hall–Kier alpha value is -3.99. The first kappa shape index (κ1) is 25.1. The third kappa shape index (κ3) is 4.26. The van der Waals surface area contributed by atoms with Crippen molar-refractivity contribution in [1.82, 2.24) is 10.3 Å². The second-order valence-corrected chi connectivity index (χ2v) is 8.63. The standard InChI is InChI=1S/C25H21F4N3O4/c1-23(22(30)34)13-36-20-17(23)11-18(32-19(20)14-7-9-16(26)10-8-14)24(35,25(27,28)29)12-31-21(33)15-5-3-2-4-6-15/h2-11,35H,12-13H2,1H3,(H2,30,34)(H,31,33)/t23-,24-/m0/s1. The molecule has 0 aliphatic carbocycles. The summed E-state index contributed by atoms with van der Waals surface area (Å²) in [5.41, 5.74) is -0.429. The zero-order valence-corrected chi connectivity index (χ0v) is 18.9. The molecular weight excluding hydrogens is 482 g/mol. The molecule has 36 heavy (non-hydrogen) atoms. The number of ether oxygens (including phenoxy) is 1. The molecule has 2 aromatic carbocycles. The van der Waals surface area contributed by atoms with E-state index in [2.05, 4.69) is 10.3 Å².